The second-order valence-electron chi connectivity index (χ2n) is 5.55. The molecule has 0 atom stereocenters. The lowest BCUT2D eigenvalue weighted by molar-refractivity contribution is 0.411. The summed E-state index contributed by atoms with van der Waals surface area (Å²) < 4.78 is 53.9. The van der Waals surface area contributed by atoms with Gasteiger partial charge in [-0.2, -0.15) is 0 Å². The molecule has 0 aromatic heterocycles. The first-order chi connectivity index (χ1) is 11.1. The van der Waals surface area contributed by atoms with Crippen molar-refractivity contribution in [3.05, 3.63) is 82.9 Å². The summed E-state index contributed by atoms with van der Waals surface area (Å²) in [6.45, 7) is 0. The molecule has 0 unspecified atom stereocenters. The summed E-state index contributed by atoms with van der Waals surface area (Å²) in [5, 5.41) is 0. The predicted molar refractivity (Wildman–Crippen MR) is 80.0 cm³/mol. The molecular weight excluding hydrogens is 304 g/mol. The Kier molecular flexibility index (Phi) is 3.01. The summed E-state index contributed by atoms with van der Waals surface area (Å²) in [7, 11) is 0. The largest absolute Gasteiger partial charge is 0.204 e. The molecule has 0 fully saturated rings. The molecular formula is C19H10F4. The van der Waals surface area contributed by atoms with Gasteiger partial charge in [-0.15, -0.1) is 0 Å². The van der Waals surface area contributed by atoms with Gasteiger partial charge in [0.15, 0.2) is 23.3 Å². The van der Waals surface area contributed by atoms with Gasteiger partial charge in [0.25, 0.3) is 0 Å². The predicted octanol–water partition coefficient (Wildman–Crippen LogP) is 5.48. The minimum absolute atomic E-state index is 0.278. The van der Waals surface area contributed by atoms with Crippen molar-refractivity contribution in [2.45, 2.75) is 6.42 Å². The zero-order valence-electron chi connectivity index (χ0n) is 11.8. The first kappa shape index (κ1) is 14.0. The lowest BCUT2D eigenvalue weighted by Crippen LogP contribution is -1.98. The number of rotatable bonds is 1. The highest BCUT2D eigenvalue weighted by Gasteiger charge is 2.22. The number of hydrogen-bond donors (Lipinski definition) is 0. The number of hydrogen-bond acceptors (Lipinski definition) is 0. The van der Waals surface area contributed by atoms with Crippen LogP contribution >= 0.6 is 0 Å². The SMILES string of the molecule is Fc1cc(-c2ccc3c(c2)Cc2ccccc2-3)c(F)c(F)c1F. The Morgan fingerprint density at radius 2 is 1.35 bits per heavy atom. The summed E-state index contributed by atoms with van der Waals surface area (Å²) >= 11 is 0. The number of halogens is 4. The zero-order valence-corrected chi connectivity index (χ0v) is 11.8. The molecule has 3 aromatic carbocycles. The Bertz CT molecular complexity index is 944. The minimum atomic E-state index is -1.79. The van der Waals surface area contributed by atoms with Gasteiger partial charge in [-0.05, 0) is 40.3 Å². The molecule has 0 aliphatic heterocycles. The van der Waals surface area contributed by atoms with Crippen molar-refractivity contribution < 1.29 is 17.6 Å². The van der Waals surface area contributed by atoms with E-state index < -0.39 is 23.3 Å². The quantitative estimate of drug-likeness (QED) is 0.248. The third kappa shape index (κ3) is 2.05. The Morgan fingerprint density at radius 3 is 2.17 bits per heavy atom. The molecule has 0 saturated heterocycles. The van der Waals surface area contributed by atoms with Gasteiger partial charge in [0, 0.05) is 5.56 Å². The van der Waals surface area contributed by atoms with E-state index in [9.17, 15) is 17.6 Å². The molecule has 0 nitrogen and oxygen atoms in total. The van der Waals surface area contributed by atoms with Gasteiger partial charge in [-0.3, -0.25) is 0 Å². The van der Waals surface area contributed by atoms with E-state index >= 15 is 0 Å². The molecule has 0 spiro atoms. The normalized spacial score (nSPS) is 12.2. The van der Waals surface area contributed by atoms with Crippen molar-refractivity contribution in [1.29, 1.82) is 0 Å². The minimum Gasteiger partial charge on any atom is -0.204 e. The summed E-state index contributed by atoms with van der Waals surface area (Å²) in [4.78, 5) is 0. The van der Waals surface area contributed by atoms with Crippen LogP contribution in [-0.4, -0.2) is 0 Å². The second kappa shape index (κ2) is 4.95. The molecule has 23 heavy (non-hydrogen) atoms. The van der Waals surface area contributed by atoms with Gasteiger partial charge in [0.05, 0.1) is 0 Å². The van der Waals surface area contributed by atoms with Crippen LogP contribution in [-0.2, 0) is 6.42 Å². The topological polar surface area (TPSA) is 0 Å². The van der Waals surface area contributed by atoms with Crippen molar-refractivity contribution in [2.24, 2.45) is 0 Å². The van der Waals surface area contributed by atoms with Crippen LogP contribution < -0.4 is 0 Å². The van der Waals surface area contributed by atoms with E-state index in [-0.39, 0.29) is 5.56 Å². The van der Waals surface area contributed by atoms with Crippen LogP contribution in [0.3, 0.4) is 0 Å². The molecule has 1 aliphatic rings. The van der Waals surface area contributed by atoms with Crippen molar-refractivity contribution in [3.8, 4) is 22.3 Å². The van der Waals surface area contributed by atoms with Gasteiger partial charge < -0.3 is 0 Å². The average molecular weight is 314 g/mol. The molecule has 0 bridgehead atoms. The van der Waals surface area contributed by atoms with Crippen molar-refractivity contribution in [1.82, 2.24) is 0 Å². The van der Waals surface area contributed by atoms with Gasteiger partial charge >= 0.3 is 0 Å². The fourth-order valence-corrected chi connectivity index (χ4v) is 3.10. The smallest absolute Gasteiger partial charge is 0.198 e. The van der Waals surface area contributed by atoms with Crippen LogP contribution in [0, 0.1) is 23.3 Å². The molecule has 1 aliphatic carbocycles. The third-order valence-electron chi connectivity index (χ3n) is 4.21. The molecule has 4 rings (SSSR count). The van der Waals surface area contributed by atoms with E-state index in [1.165, 1.54) is 0 Å². The molecule has 0 N–H and O–H groups in total. The third-order valence-corrected chi connectivity index (χ3v) is 4.21. The van der Waals surface area contributed by atoms with Gasteiger partial charge in [0.1, 0.15) is 0 Å². The lowest BCUT2D eigenvalue weighted by Gasteiger charge is -2.08. The fraction of sp³-hybridized carbons (Fsp3) is 0.0526. The molecule has 0 radical (unpaired) electrons. The fourth-order valence-electron chi connectivity index (χ4n) is 3.10. The second-order valence-corrected chi connectivity index (χ2v) is 5.55. The zero-order chi connectivity index (χ0) is 16.1. The van der Waals surface area contributed by atoms with Crippen LogP contribution in [0.1, 0.15) is 11.1 Å². The number of fused-ring (bicyclic) bond motifs is 3. The first-order valence-electron chi connectivity index (χ1n) is 7.11. The summed E-state index contributed by atoms with van der Waals surface area (Å²) in [6.07, 6.45) is 0.674. The monoisotopic (exact) mass is 314 g/mol. The molecule has 0 heterocycles. The van der Waals surface area contributed by atoms with Crippen LogP contribution in [0.4, 0.5) is 17.6 Å². The van der Waals surface area contributed by atoms with E-state index in [1.807, 2.05) is 24.3 Å². The van der Waals surface area contributed by atoms with E-state index in [1.54, 1.807) is 18.2 Å². The maximum atomic E-state index is 14.0. The van der Waals surface area contributed by atoms with E-state index in [0.717, 1.165) is 22.3 Å². The molecule has 0 amide bonds. The standard InChI is InChI=1S/C19H10F4/c20-16-9-15(17(21)19(23)18(16)22)11-5-6-14-12(8-11)7-10-3-1-2-4-13(10)14/h1-6,8-9H,7H2. The van der Waals surface area contributed by atoms with Gasteiger partial charge in [-0.25, -0.2) is 17.6 Å². The molecule has 0 saturated carbocycles. The highest BCUT2D eigenvalue weighted by Crippen LogP contribution is 2.39. The van der Waals surface area contributed by atoms with Crippen LogP contribution in [0.25, 0.3) is 22.3 Å². The van der Waals surface area contributed by atoms with Crippen LogP contribution in [0.15, 0.2) is 48.5 Å². The Hall–Kier alpha value is -2.62. The first-order valence-corrected chi connectivity index (χ1v) is 7.11. The van der Waals surface area contributed by atoms with Crippen LogP contribution in [0.5, 0.6) is 0 Å². The van der Waals surface area contributed by atoms with Gasteiger partial charge in [-0.1, -0.05) is 42.5 Å². The highest BCUT2D eigenvalue weighted by atomic mass is 19.2. The molecule has 3 aromatic rings. The molecule has 4 heteroatoms. The van der Waals surface area contributed by atoms with Gasteiger partial charge in [0.2, 0.25) is 0 Å². The maximum Gasteiger partial charge on any atom is 0.198 e. The summed E-state index contributed by atoms with van der Waals surface area (Å²) in [5.41, 5.74) is 4.27. The Balaban J connectivity index is 1.87. The van der Waals surface area contributed by atoms with Crippen molar-refractivity contribution in [3.63, 3.8) is 0 Å². The average Bonchev–Trinajstić information content (AvgIpc) is 2.94. The highest BCUT2D eigenvalue weighted by molar-refractivity contribution is 5.80. The lowest BCUT2D eigenvalue weighted by atomic mass is 9.98. The maximum absolute atomic E-state index is 14.0. The van der Waals surface area contributed by atoms with Crippen molar-refractivity contribution in [2.75, 3.05) is 0 Å². The Labute approximate surface area is 130 Å². The number of benzene rings is 3. The summed E-state index contributed by atoms with van der Waals surface area (Å²) in [5.74, 6) is -6.36. The van der Waals surface area contributed by atoms with E-state index in [2.05, 4.69) is 0 Å². The van der Waals surface area contributed by atoms with E-state index in [0.29, 0.717) is 18.1 Å². The Morgan fingerprint density at radius 1 is 0.609 bits per heavy atom. The molecule has 114 valence electrons. The van der Waals surface area contributed by atoms with E-state index in [4.69, 9.17) is 0 Å². The summed E-state index contributed by atoms with van der Waals surface area (Å²) in [6, 6.07) is 13.7. The van der Waals surface area contributed by atoms with Crippen LogP contribution in [0.2, 0.25) is 0 Å². The van der Waals surface area contributed by atoms with Crippen molar-refractivity contribution >= 4 is 0 Å².